The molecule has 3 nitrogen and oxygen atoms in total. The van der Waals surface area contributed by atoms with E-state index in [4.69, 9.17) is 5.73 Å². The first-order valence-electron chi connectivity index (χ1n) is 5.88. The molecule has 0 radical (unpaired) electrons. The zero-order valence-corrected chi connectivity index (χ0v) is 10.7. The second kappa shape index (κ2) is 5.97. The fraction of sp³-hybridized carbons (Fsp3) is 0.615. The van der Waals surface area contributed by atoms with Crippen molar-refractivity contribution in [2.45, 2.75) is 32.9 Å². The van der Waals surface area contributed by atoms with Gasteiger partial charge in [-0.15, -0.1) is 0 Å². The predicted octanol–water partition coefficient (Wildman–Crippen LogP) is 2.06. The van der Waals surface area contributed by atoms with Crippen LogP contribution in [0.1, 0.15) is 32.4 Å². The van der Waals surface area contributed by atoms with Crippen LogP contribution < -0.4 is 5.73 Å². The van der Waals surface area contributed by atoms with Crippen molar-refractivity contribution in [2.24, 2.45) is 11.7 Å². The third kappa shape index (κ3) is 3.58. The standard InChI is InChI=1S/C13H23N3/c1-10(2)9-16(4)13(11(3)14)12-5-7-15-8-6-12/h5-8,10-11,13H,9,14H2,1-4H3. The highest BCUT2D eigenvalue weighted by Gasteiger charge is 2.21. The molecule has 0 aromatic carbocycles. The largest absolute Gasteiger partial charge is 0.326 e. The van der Waals surface area contributed by atoms with Crippen molar-refractivity contribution in [3.05, 3.63) is 30.1 Å². The summed E-state index contributed by atoms with van der Waals surface area (Å²) in [6.07, 6.45) is 3.65. The molecule has 1 aromatic rings. The van der Waals surface area contributed by atoms with Crippen LogP contribution in [0.25, 0.3) is 0 Å². The van der Waals surface area contributed by atoms with Gasteiger partial charge in [0.2, 0.25) is 0 Å². The van der Waals surface area contributed by atoms with Crippen LogP contribution in [0.3, 0.4) is 0 Å². The molecular formula is C13H23N3. The molecule has 0 aliphatic rings. The number of pyridine rings is 1. The van der Waals surface area contributed by atoms with Crippen molar-refractivity contribution in [2.75, 3.05) is 13.6 Å². The zero-order chi connectivity index (χ0) is 12.1. The molecule has 2 N–H and O–H groups in total. The molecule has 16 heavy (non-hydrogen) atoms. The van der Waals surface area contributed by atoms with Crippen molar-refractivity contribution < 1.29 is 0 Å². The first-order chi connectivity index (χ1) is 7.52. The summed E-state index contributed by atoms with van der Waals surface area (Å²) in [4.78, 5) is 6.37. The van der Waals surface area contributed by atoms with E-state index in [1.165, 1.54) is 5.56 Å². The van der Waals surface area contributed by atoms with Gasteiger partial charge in [-0.2, -0.15) is 0 Å². The van der Waals surface area contributed by atoms with Crippen molar-refractivity contribution in [3.63, 3.8) is 0 Å². The summed E-state index contributed by atoms with van der Waals surface area (Å²) < 4.78 is 0. The number of nitrogens with two attached hydrogens (primary N) is 1. The average Bonchev–Trinajstić information content (AvgIpc) is 2.17. The van der Waals surface area contributed by atoms with Crippen molar-refractivity contribution in [1.82, 2.24) is 9.88 Å². The van der Waals surface area contributed by atoms with Gasteiger partial charge in [0.15, 0.2) is 0 Å². The second-order valence-electron chi connectivity index (χ2n) is 4.92. The second-order valence-corrected chi connectivity index (χ2v) is 4.92. The van der Waals surface area contributed by atoms with Crippen molar-refractivity contribution in [3.8, 4) is 0 Å². The van der Waals surface area contributed by atoms with E-state index in [2.05, 4.69) is 37.7 Å². The Morgan fingerprint density at radius 2 is 1.81 bits per heavy atom. The number of hydrogen-bond acceptors (Lipinski definition) is 3. The first-order valence-corrected chi connectivity index (χ1v) is 5.88. The number of hydrogen-bond donors (Lipinski definition) is 1. The van der Waals surface area contributed by atoms with Gasteiger partial charge in [0.25, 0.3) is 0 Å². The molecule has 0 saturated carbocycles. The topological polar surface area (TPSA) is 42.2 Å². The first kappa shape index (κ1) is 13.1. The van der Waals surface area contributed by atoms with Gasteiger partial charge in [-0.05, 0) is 37.6 Å². The van der Waals surface area contributed by atoms with Crippen LogP contribution in [0.15, 0.2) is 24.5 Å². The maximum absolute atomic E-state index is 6.08. The van der Waals surface area contributed by atoms with Crippen LogP contribution >= 0.6 is 0 Å². The van der Waals surface area contributed by atoms with Gasteiger partial charge < -0.3 is 5.73 Å². The number of likely N-dealkylation sites (N-methyl/N-ethyl adjacent to an activating group) is 1. The van der Waals surface area contributed by atoms with Crippen LogP contribution in [0.2, 0.25) is 0 Å². The minimum absolute atomic E-state index is 0.117. The molecular weight excluding hydrogens is 198 g/mol. The van der Waals surface area contributed by atoms with Gasteiger partial charge in [0, 0.05) is 31.0 Å². The third-order valence-corrected chi connectivity index (χ3v) is 2.67. The number of rotatable bonds is 5. The Morgan fingerprint density at radius 3 is 2.25 bits per heavy atom. The van der Waals surface area contributed by atoms with Gasteiger partial charge in [-0.3, -0.25) is 9.88 Å². The SMILES string of the molecule is CC(C)CN(C)C(c1ccncc1)C(C)N. The number of aromatic nitrogens is 1. The molecule has 0 saturated heterocycles. The third-order valence-electron chi connectivity index (χ3n) is 2.67. The molecule has 2 unspecified atom stereocenters. The zero-order valence-electron chi connectivity index (χ0n) is 10.7. The Kier molecular flexibility index (Phi) is 4.90. The molecule has 0 aliphatic carbocycles. The quantitative estimate of drug-likeness (QED) is 0.827. The highest BCUT2D eigenvalue weighted by molar-refractivity contribution is 5.16. The summed E-state index contributed by atoms with van der Waals surface area (Å²) in [6.45, 7) is 7.55. The lowest BCUT2D eigenvalue weighted by molar-refractivity contribution is 0.197. The Labute approximate surface area is 98.7 Å². The lowest BCUT2D eigenvalue weighted by atomic mass is 10.00. The van der Waals surface area contributed by atoms with E-state index in [9.17, 15) is 0 Å². The average molecular weight is 221 g/mol. The molecule has 1 heterocycles. The Bertz CT molecular complexity index is 295. The summed E-state index contributed by atoms with van der Waals surface area (Å²) in [5, 5.41) is 0. The van der Waals surface area contributed by atoms with E-state index in [0.717, 1.165) is 6.54 Å². The minimum atomic E-state index is 0.117. The smallest absolute Gasteiger partial charge is 0.0494 e. The minimum Gasteiger partial charge on any atom is -0.326 e. The monoisotopic (exact) mass is 221 g/mol. The Hall–Kier alpha value is -0.930. The lowest BCUT2D eigenvalue weighted by Crippen LogP contribution is -2.38. The normalized spacial score (nSPS) is 15.4. The molecule has 1 aromatic heterocycles. The summed E-state index contributed by atoms with van der Waals surface area (Å²) in [6, 6.07) is 4.48. The summed E-state index contributed by atoms with van der Waals surface area (Å²) in [5.41, 5.74) is 7.33. The van der Waals surface area contributed by atoms with E-state index in [0.29, 0.717) is 5.92 Å². The maximum atomic E-state index is 6.08. The number of nitrogens with zero attached hydrogens (tertiary/aromatic N) is 2. The molecule has 0 amide bonds. The van der Waals surface area contributed by atoms with Crippen LogP contribution in [0.5, 0.6) is 0 Å². The molecule has 2 atom stereocenters. The van der Waals surface area contributed by atoms with Gasteiger partial charge in [0.05, 0.1) is 0 Å². The Morgan fingerprint density at radius 1 is 1.25 bits per heavy atom. The van der Waals surface area contributed by atoms with E-state index in [1.807, 2.05) is 24.5 Å². The summed E-state index contributed by atoms with van der Waals surface area (Å²) >= 11 is 0. The van der Waals surface area contributed by atoms with Crippen LogP contribution in [-0.4, -0.2) is 29.5 Å². The van der Waals surface area contributed by atoms with E-state index in [-0.39, 0.29) is 12.1 Å². The maximum Gasteiger partial charge on any atom is 0.0494 e. The van der Waals surface area contributed by atoms with Crippen molar-refractivity contribution in [1.29, 1.82) is 0 Å². The molecule has 0 fully saturated rings. The summed E-state index contributed by atoms with van der Waals surface area (Å²) in [7, 11) is 2.13. The summed E-state index contributed by atoms with van der Waals surface area (Å²) in [5.74, 6) is 0.646. The van der Waals surface area contributed by atoms with Gasteiger partial charge in [-0.1, -0.05) is 13.8 Å². The van der Waals surface area contributed by atoms with Crippen LogP contribution in [-0.2, 0) is 0 Å². The van der Waals surface area contributed by atoms with Gasteiger partial charge >= 0.3 is 0 Å². The molecule has 0 aliphatic heterocycles. The molecule has 3 heteroatoms. The highest BCUT2D eigenvalue weighted by Crippen LogP contribution is 2.22. The molecule has 0 spiro atoms. The van der Waals surface area contributed by atoms with Gasteiger partial charge in [-0.25, -0.2) is 0 Å². The van der Waals surface area contributed by atoms with Crippen LogP contribution in [0.4, 0.5) is 0 Å². The predicted molar refractivity (Wildman–Crippen MR) is 68.1 cm³/mol. The van der Waals surface area contributed by atoms with E-state index < -0.39 is 0 Å². The van der Waals surface area contributed by atoms with Crippen LogP contribution in [0, 0.1) is 5.92 Å². The fourth-order valence-corrected chi connectivity index (χ4v) is 2.21. The molecule has 1 rings (SSSR count). The van der Waals surface area contributed by atoms with E-state index >= 15 is 0 Å². The molecule has 90 valence electrons. The van der Waals surface area contributed by atoms with E-state index in [1.54, 1.807) is 0 Å². The lowest BCUT2D eigenvalue weighted by Gasteiger charge is -2.32. The van der Waals surface area contributed by atoms with Gasteiger partial charge in [0.1, 0.15) is 0 Å². The Balaban J connectivity index is 2.83. The highest BCUT2D eigenvalue weighted by atomic mass is 15.1. The molecule has 0 bridgehead atoms. The van der Waals surface area contributed by atoms with Crippen molar-refractivity contribution >= 4 is 0 Å². The fourth-order valence-electron chi connectivity index (χ4n) is 2.21.